The van der Waals surface area contributed by atoms with Crippen LogP contribution in [0.15, 0.2) is 9.85 Å². The molecule has 1 rings (SSSR count). The summed E-state index contributed by atoms with van der Waals surface area (Å²) >= 11 is 5.38. The van der Waals surface area contributed by atoms with E-state index in [4.69, 9.17) is 4.74 Å². The minimum atomic E-state index is 0.229. The Kier molecular flexibility index (Phi) is 6.13. The number of nitrogens with one attached hydrogen (secondary N) is 1. The van der Waals surface area contributed by atoms with Gasteiger partial charge >= 0.3 is 0 Å². The molecule has 0 atom stereocenters. The lowest BCUT2D eigenvalue weighted by atomic mass is 9.82. The third-order valence-corrected chi connectivity index (χ3v) is 4.58. The Bertz CT molecular complexity index is 349. The zero-order valence-corrected chi connectivity index (χ0v) is 13.5. The molecular formula is C13H22BrNOS. The molecule has 0 saturated heterocycles. The molecule has 98 valence electrons. The van der Waals surface area contributed by atoms with Gasteiger partial charge in [0.2, 0.25) is 0 Å². The number of rotatable bonds is 7. The van der Waals surface area contributed by atoms with Crippen LogP contribution in [-0.2, 0) is 10.2 Å². The molecule has 1 aromatic rings. The largest absolute Gasteiger partial charge is 0.383 e. The Morgan fingerprint density at radius 2 is 2.12 bits per heavy atom. The smallest absolute Gasteiger partial charge is 0.0704 e. The zero-order chi connectivity index (χ0) is 12.9. The summed E-state index contributed by atoms with van der Waals surface area (Å²) in [6, 6.07) is 2.26. The topological polar surface area (TPSA) is 21.3 Å². The summed E-state index contributed by atoms with van der Waals surface area (Å²) in [6.45, 7) is 9.56. The predicted octanol–water partition coefficient (Wildman–Crippen LogP) is 3.72. The molecule has 2 nitrogen and oxygen atoms in total. The van der Waals surface area contributed by atoms with Gasteiger partial charge in [-0.05, 0) is 52.9 Å². The van der Waals surface area contributed by atoms with Gasteiger partial charge in [0.05, 0.1) is 10.4 Å². The van der Waals surface area contributed by atoms with Gasteiger partial charge < -0.3 is 10.1 Å². The number of halogens is 1. The first-order valence-electron chi connectivity index (χ1n) is 5.93. The molecule has 17 heavy (non-hydrogen) atoms. The van der Waals surface area contributed by atoms with Crippen molar-refractivity contribution < 1.29 is 4.74 Å². The molecule has 0 fully saturated rings. The molecule has 0 aliphatic carbocycles. The molecular weight excluding hydrogens is 298 g/mol. The van der Waals surface area contributed by atoms with E-state index in [-0.39, 0.29) is 5.41 Å². The summed E-state index contributed by atoms with van der Waals surface area (Å²) < 4.78 is 6.24. The first kappa shape index (κ1) is 15.2. The molecule has 0 unspecified atom stereocenters. The van der Waals surface area contributed by atoms with Gasteiger partial charge in [0.15, 0.2) is 0 Å². The van der Waals surface area contributed by atoms with E-state index in [1.165, 1.54) is 14.2 Å². The third-order valence-electron chi connectivity index (χ3n) is 3.03. The van der Waals surface area contributed by atoms with Crippen LogP contribution < -0.4 is 5.32 Å². The summed E-state index contributed by atoms with van der Waals surface area (Å²) in [6.07, 6.45) is 1.14. The highest BCUT2D eigenvalue weighted by atomic mass is 79.9. The van der Waals surface area contributed by atoms with Gasteiger partial charge in [-0.15, -0.1) is 11.3 Å². The summed E-state index contributed by atoms with van der Waals surface area (Å²) in [7, 11) is 1.73. The standard InChI is InChI=1S/C13H22BrNOS/c1-10-11(9-12(14)17-10)13(2,3)5-6-15-7-8-16-4/h9,15H,5-8H2,1-4H3. The van der Waals surface area contributed by atoms with Gasteiger partial charge in [0, 0.05) is 18.5 Å². The van der Waals surface area contributed by atoms with E-state index >= 15 is 0 Å². The van der Waals surface area contributed by atoms with Gasteiger partial charge in [-0.2, -0.15) is 0 Å². The summed E-state index contributed by atoms with van der Waals surface area (Å²) in [5.41, 5.74) is 1.69. The van der Waals surface area contributed by atoms with E-state index in [0.29, 0.717) is 0 Å². The number of ether oxygens (including phenoxy) is 1. The number of aryl methyl sites for hydroxylation is 1. The molecule has 1 N–H and O–H groups in total. The Balaban J connectivity index is 2.48. The zero-order valence-electron chi connectivity index (χ0n) is 11.1. The summed E-state index contributed by atoms with van der Waals surface area (Å²) in [5, 5.41) is 3.41. The molecule has 0 amide bonds. The first-order chi connectivity index (χ1) is 7.97. The average molecular weight is 320 g/mol. The SMILES string of the molecule is COCCNCCC(C)(C)c1cc(Br)sc1C. The molecule has 0 aliphatic heterocycles. The maximum Gasteiger partial charge on any atom is 0.0704 e. The van der Waals surface area contributed by atoms with Crippen LogP contribution in [0.1, 0.15) is 30.7 Å². The molecule has 0 radical (unpaired) electrons. The third kappa shape index (κ3) is 4.70. The molecule has 0 bridgehead atoms. The Labute approximate surface area is 117 Å². The van der Waals surface area contributed by atoms with Crippen LogP contribution in [0.2, 0.25) is 0 Å². The van der Waals surface area contributed by atoms with Crippen LogP contribution in [0, 0.1) is 6.92 Å². The molecule has 0 aromatic carbocycles. The van der Waals surface area contributed by atoms with Crippen molar-refractivity contribution in [1.29, 1.82) is 0 Å². The quantitative estimate of drug-likeness (QED) is 0.773. The molecule has 0 aliphatic rings. The molecule has 0 spiro atoms. The molecule has 1 aromatic heterocycles. The van der Waals surface area contributed by atoms with E-state index < -0.39 is 0 Å². The van der Waals surface area contributed by atoms with Crippen molar-refractivity contribution >= 4 is 27.3 Å². The maximum absolute atomic E-state index is 5.01. The van der Waals surface area contributed by atoms with Gasteiger partial charge in [-0.1, -0.05) is 13.8 Å². The van der Waals surface area contributed by atoms with E-state index in [0.717, 1.165) is 26.1 Å². The second-order valence-corrected chi connectivity index (χ2v) is 7.53. The van der Waals surface area contributed by atoms with Crippen molar-refractivity contribution in [2.45, 2.75) is 32.6 Å². The Morgan fingerprint density at radius 3 is 2.65 bits per heavy atom. The first-order valence-corrected chi connectivity index (χ1v) is 7.54. The molecule has 1 heterocycles. The number of methoxy groups -OCH3 is 1. The van der Waals surface area contributed by atoms with Crippen molar-refractivity contribution in [3.63, 3.8) is 0 Å². The van der Waals surface area contributed by atoms with Crippen molar-refractivity contribution in [3.05, 3.63) is 20.3 Å². The predicted molar refractivity (Wildman–Crippen MR) is 79.1 cm³/mol. The minimum Gasteiger partial charge on any atom is -0.383 e. The Morgan fingerprint density at radius 1 is 1.41 bits per heavy atom. The fourth-order valence-electron chi connectivity index (χ4n) is 1.95. The van der Waals surface area contributed by atoms with Crippen LogP contribution >= 0.6 is 27.3 Å². The number of thiophene rings is 1. The van der Waals surface area contributed by atoms with Crippen molar-refractivity contribution in [1.82, 2.24) is 5.32 Å². The fraction of sp³-hybridized carbons (Fsp3) is 0.692. The number of hydrogen-bond donors (Lipinski definition) is 1. The lowest BCUT2D eigenvalue weighted by Crippen LogP contribution is -2.27. The maximum atomic E-state index is 5.01. The summed E-state index contributed by atoms with van der Waals surface area (Å²) in [4.78, 5) is 1.42. The molecule has 4 heteroatoms. The normalized spacial score (nSPS) is 12.1. The fourth-order valence-corrected chi connectivity index (χ4v) is 3.82. The minimum absolute atomic E-state index is 0.229. The van der Waals surface area contributed by atoms with Crippen LogP contribution in [0.25, 0.3) is 0 Å². The van der Waals surface area contributed by atoms with E-state index in [1.54, 1.807) is 7.11 Å². The second kappa shape index (κ2) is 6.88. The van der Waals surface area contributed by atoms with Crippen LogP contribution in [0.4, 0.5) is 0 Å². The lowest BCUT2D eigenvalue weighted by molar-refractivity contribution is 0.198. The van der Waals surface area contributed by atoms with Crippen molar-refractivity contribution in [2.24, 2.45) is 0 Å². The van der Waals surface area contributed by atoms with Gasteiger partial charge in [0.1, 0.15) is 0 Å². The number of hydrogen-bond acceptors (Lipinski definition) is 3. The lowest BCUT2D eigenvalue weighted by Gasteiger charge is -2.25. The van der Waals surface area contributed by atoms with E-state index in [1.807, 2.05) is 11.3 Å². The average Bonchev–Trinajstić information content (AvgIpc) is 2.58. The van der Waals surface area contributed by atoms with E-state index in [2.05, 4.69) is 48.1 Å². The molecule has 0 saturated carbocycles. The van der Waals surface area contributed by atoms with Crippen LogP contribution in [0.3, 0.4) is 0 Å². The Hall–Kier alpha value is 0.1000. The second-order valence-electron chi connectivity index (χ2n) is 4.90. The van der Waals surface area contributed by atoms with Crippen LogP contribution in [-0.4, -0.2) is 26.8 Å². The van der Waals surface area contributed by atoms with E-state index in [9.17, 15) is 0 Å². The van der Waals surface area contributed by atoms with Gasteiger partial charge in [-0.25, -0.2) is 0 Å². The van der Waals surface area contributed by atoms with Gasteiger partial charge in [0.25, 0.3) is 0 Å². The highest BCUT2D eigenvalue weighted by Crippen LogP contribution is 2.36. The summed E-state index contributed by atoms with van der Waals surface area (Å²) in [5.74, 6) is 0. The van der Waals surface area contributed by atoms with Crippen molar-refractivity contribution in [3.8, 4) is 0 Å². The van der Waals surface area contributed by atoms with Gasteiger partial charge in [-0.3, -0.25) is 0 Å². The van der Waals surface area contributed by atoms with Crippen LogP contribution in [0.5, 0.6) is 0 Å². The highest BCUT2D eigenvalue weighted by Gasteiger charge is 2.23. The monoisotopic (exact) mass is 319 g/mol. The highest BCUT2D eigenvalue weighted by molar-refractivity contribution is 9.11. The van der Waals surface area contributed by atoms with Crippen molar-refractivity contribution in [2.75, 3.05) is 26.8 Å².